The lowest BCUT2D eigenvalue weighted by atomic mass is 10.2. The van der Waals surface area contributed by atoms with Crippen molar-refractivity contribution < 1.29 is 13.7 Å². The first kappa shape index (κ1) is 19.1. The van der Waals surface area contributed by atoms with Gasteiger partial charge in [-0.25, -0.2) is 4.39 Å². The average molecular weight is 411 g/mol. The lowest BCUT2D eigenvalue weighted by Gasteiger charge is -2.36. The van der Waals surface area contributed by atoms with E-state index in [4.69, 9.17) is 16.6 Å². The molecule has 29 heavy (non-hydrogen) atoms. The molecule has 4 rings (SSSR count). The van der Waals surface area contributed by atoms with Crippen LogP contribution in [0.1, 0.15) is 5.76 Å². The summed E-state index contributed by atoms with van der Waals surface area (Å²) in [5.41, 5.74) is 1.51. The molecular formula is C21H18FN3O3S. The number of nitro benzene ring substituents is 1. The van der Waals surface area contributed by atoms with Crippen LogP contribution in [0, 0.1) is 15.9 Å². The molecule has 2 aromatic carbocycles. The Labute approximate surface area is 172 Å². The third kappa shape index (κ3) is 3.97. The van der Waals surface area contributed by atoms with E-state index in [1.807, 2.05) is 21.9 Å². The highest BCUT2D eigenvalue weighted by Gasteiger charge is 2.25. The van der Waals surface area contributed by atoms with E-state index in [0.717, 1.165) is 5.56 Å². The molecule has 0 atom stereocenters. The molecule has 0 N–H and O–H groups in total. The van der Waals surface area contributed by atoms with Gasteiger partial charge in [-0.05, 0) is 42.5 Å². The molecule has 0 aliphatic carbocycles. The van der Waals surface area contributed by atoms with Crippen molar-refractivity contribution in [2.75, 3.05) is 31.1 Å². The lowest BCUT2D eigenvalue weighted by Crippen LogP contribution is -2.48. The number of piperazine rings is 1. The minimum absolute atomic E-state index is 0.110. The number of anilines is 1. The van der Waals surface area contributed by atoms with Crippen molar-refractivity contribution in [3.63, 3.8) is 0 Å². The van der Waals surface area contributed by atoms with Gasteiger partial charge < -0.3 is 14.2 Å². The Morgan fingerprint density at radius 1 is 1.00 bits per heavy atom. The van der Waals surface area contributed by atoms with E-state index in [2.05, 4.69) is 0 Å². The van der Waals surface area contributed by atoms with Crippen molar-refractivity contribution in [1.29, 1.82) is 0 Å². The summed E-state index contributed by atoms with van der Waals surface area (Å²) in [4.78, 5) is 15.6. The second kappa shape index (κ2) is 8.00. The van der Waals surface area contributed by atoms with E-state index in [9.17, 15) is 14.5 Å². The number of nitrogens with zero attached hydrogens (tertiary/aromatic N) is 3. The van der Waals surface area contributed by atoms with Gasteiger partial charge in [0.25, 0.3) is 5.69 Å². The third-order valence-electron chi connectivity index (χ3n) is 4.93. The molecule has 0 spiro atoms. The molecule has 8 heteroatoms. The van der Waals surface area contributed by atoms with Crippen LogP contribution in [-0.2, 0) is 0 Å². The largest absolute Gasteiger partial charge is 0.454 e. The fourth-order valence-electron chi connectivity index (χ4n) is 3.41. The molecular weight excluding hydrogens is 393 g/mol. The van der Waals surface area contributed by atoms with E-state index < -0.39 is 0 Å². The van der Waals surface area contributed by atoms with Gasteiger partial charge in [0.1, 0.15) is 22.3 Å². The Balaban J connectivity index is 1.43. The van der Waals surface area contributed by atoms with E-state index in [1.165, 1.54) is 18.2 Å². The van der Waals surface area contributed by atoms with Crippen molar-refractivity contribution >= 4 is 28.6 Å². The Morgan fingerprint density at radius 2 is 1.69 bits per heavy atom. The van der Waals surface area contributed by atoms with Crippen molar-refractivity contribution in [2.45, 2.75) is 0 Å². The predicted molar refractivity (Wildman–Crippen MR) is 113 cm³/mol. The number of thiocarbonyl (C=S) groups is 1. The van der Waals surface area contributed by atoms with E-state index in [0.29, 0.717) is 48.4 Å². The molecule has 6 nitrogen and oxygen atoms in total. The second-order valence-electron chi connectivity index (χ2n) is 6.70. The maximum absolute atomic E-state index is 13.1. The van der Waals surface area contributed by atoms with Gasteiger partial charge in [0.15, 0.2) is 5.76 Å². The van der Waals surface area contributed by atoms with Crippen LogP contribution in [0.2, 0.25) is 0 Å². The molecule has 0 radical (unpaired) electrons. The van der Waals surface area contributed by atoms with Gasteiger partial charge in [0.05, 0.1) is 4.92 Å². The SMILES string of the molecule is O=[N+]([O-])c1ccccc1N1CCN(C(=S)c2ccc(-c3ccc(F)cc3)o2)CC1. The molecule has 1 aliphatic rings. The van der Waals surface area contributed by atoms with Crippen molar-refractivity contribution in [3.8, 4) is 11.3 Å². The molecule has 1 fully saturated rings. The van der Waals surface area contributed by atoms with Crippen molar-refractivity contribution in [3.05, 3.63) is 82.4 Å². The Hall–Kier alpha value is -3.26. The Morgan fingerprint density at radius 3 is 2.38 bits per heavy atom. The maximum Gasteiger partial charge on any atom is 0.292 e. The van der Waals surface area contributed by atoms with Crippen LogP contribution >= 0.6 is 12.2 Å². The van der Waals surface area contributed by atoms with Gasteiger partial charge in [0.2, 0.25) is 0 Å². The zero-order chi connectivity index (χ0) is 20.4. The first-order valence-corrected chi connectivity index (χ1v) is 9.57. The first-order valence-electron chi connectivity index (χ1n) is 9.16. The second-order valence-corrected chi connectivity index (χ2v) is 7.08. The third-order valence-corrected chi connectivity index (χ3v) is 5.39. The summed E-state index contributed by atoms with van der Waals surface area (Å²) in [7, 11) is 0. The van der Waals surface area contributed by atoms with Gasteiger partial charge in [-0.1, -0.05) is 24.4 Å². The highest BCUT2D eigenvalue weighted by molar-refractivity contribution is 7.80. The molecule has 1 aliphatic heterocycles. The fraction of sp³-hybridized carbons (Fsp3) is 0.190. The van der Waals surface area contributed by atoms with E-state index in [1.54, 1.807) is 30.3 Å². The van der Waals surface area contributed by atoms with E-state index >= 15 is 0 Å². The molecule has 0 saturated carbocycles. The minimum Gasteiger partial charge on any atom is -0.454 e. The monoisotopic (exact) mass is 411 g/mol. The van der Waals surface area contributed by atoms with Gasteiger partial charge >= 0.3 is 0 Å². The summed E-state index contributed by atoms with van der Waals surface area (Å²) in [6.45, 7) is 2.52. The molecule has 148 valence electrons. The topological polar surface area (TPSA) is 62.8 Å². The maximum atomic E-state index is 13.1. The van der Waals surface area contributed by atoms with Crippen LogP contribution in [0.3, 0.4) is 0 Å². The summed E-state index contributed by atoms with van der Waals surface area (Å²) in [6.07, 6.45) is 0. The van der Waals surface area contributed by atoms with Crippen molar-refractivity contribution in [1.82, 2.24) is 4.90 Å². The summed E-state index contributed by atoms with van der Waals surface area (Å²) >= 11 is 5.59. The van der Waals surface area contributed by atoms with Crippen LogP contribution in [0.4, 0.5) is 15.8 Å². The van der Waals surface area contributed by atoms with Crippen LogP contribution < -0.4 is 4.90 Å². The minimum atomic E-state index is -0.355. The van der Waals surface area contributed by atoms with Crippen molar-refractivity contribution in [2.24, 2.45) is 0 Å². The summed E-state index contributed by atoms with van der Waals surface area (Å²) in [6, 6.07) is 16.5. The number of rotatable bonds is 4. The van der Waals surface area contributed by atoms with Crippen LogP contribution in [-0.4, -0.2) is 41.0 Å². The highest BCUT2D eigenvalue weighted by atomic mass is 32.1. The van der Waals surface area contributed by atoms with Crippen LogP contribution in [0.5, 0.6) is 0 Å². The lowest BCUT2D eigenvalue weighted by molar-refractivity contribution is -0.384. The molecule has 0 amide bonds. The summed E-state index contributed by atoms with van der Waals surface area (Å²) in [5.74, 6) is 0.909. The van der Waals surface area contributed by atoms with Gasteiger partial charge in [-0.3, -0.25) is 10.1 Å². The highest BCUT2D eigenvalue weighted by Crippen LogP contribution is 2.29. The molecule has 0 bridgehead atoms. The van der Waals surface area contributed by atoms with Crippen LogP contribution in [0.25, 0.3) is 11.3 Å². The smallest absolute Gasteiger partial charge is 0.292 e. The van der Waals surface area contributed by atoms with Gasteiger partial charge in [0, 0.05) is 37.8 Å². The molecule has 2 heterocycles. The number of para-hydroxylation sites is 2. The normalized spacial score (nSPS) is 14.1. The Kier molecular flexibility index (Phi) is 5.26. The number of nitro groups is 1. The molecule has 0 unspecified atom stereocenters. The van der Waals surface area contributed by atoms with Gasteiger partial charge in [-0.2, -0.15) is 0 Å². The number of benzene rings is 2. The summed E-state index contributed by atoms with van der Waals surface area (Å²) in [5, 5.41) is 11.3. The number of halogens is 1. The standard InChI is InChI=1S/C21H18FN3O3S/c22-16-7-5-15(6-8-16)19-9-10-20(28-19)21(29)24-13-11-23(12-14-24)17-3-1-2-4-18(17)25(26)27/h1-10H,11-14H2. The zero-order valence-corrected chi connectivity index (χ0v) is 16.3. The first-order chi connectivity index (χ1) is 14.0. The number of hydrogen-bond donors (Lipinski definition) is 0. The predicted octanol–water partition coefficient (Wildman–Crippen LogP) is 4.49. The molecule has 3 aromatic rings. The quantitative estimate of drug-likeness (QED) is 0.358. The Bertz CT molecular complexity index is 1040. The van der Waals surface area contributed by atoms with Crippen LogP contribution in [0.15, 0.2) is 65.1 Å². The van der Waals surface area contributed by atoms with E-state index in [-0.39, 0.29) is 16.4 Å². The number of hydrogen-bond acceptors (Lipinski definition) is 5. The summed E-state index contributed by atoms with van der Waals surface area (Å²) < 4.78 is 19.0. The molecule has 1 aromatic heterocycles. The average Bonchev–Trinajstić information content (AvgIpc) is 3.24. The fourth-order valence-corrected chi connectivity index (χ4v) is 3.71. The molecule has 1 saturated heterocycles. The zero-order valence-electron chi connectivity index (χ0n) is 15.5. The number of furan rings is 1. The van der Waals surface area contributed by atoms with Gasteiger partial charge in [-0.15, -0.1) is 0 Å².